The van der Waals surface area contributed by atoms with Crippen molar-refractivity contribution in [3.63, 3.8) is 0 Å². The summed E-state index contributed by atoms with van der Waals surface area (Å²) in [5.74, 6) is 0.864. The first-order valence-corrected chi connectivity index (χ1v) is 8.33. The molecule has 0 aliphatic rings. The standard InChI is InChI=1S/C12H8IN3OS2/c13-9-6-16-11(14-10(9)17)19-12(15-16)18-7-8-4-2-1-3-5-8/h1-6H,7H2. The van der Waals surface area contributed by atoms with Crippen molar-refractivity contribution in [2.45, 2.75) is 10.1 Å². The van der Waals surface area contributed by atoms with Gasteiger partial charge in [-0.25, -0.2) is 4.52 Å². The number of hydrogen-bond donors (Lipinski definition) is 0. The second kappa shape index (κ2) is 5.59. The summed E-state index contributed by atoms with van der Waals surface area (Å²) >= 11 is 5.07. The van der Waals surface area contributed by atoms with Gasteiger partial charge in [-0.3, -0.25) is 4.79 Å². The second-order valence-electron chi connectivity index (χ2n) is 3.76. The summed E-state index contributed by atoms with van der Waals surface area (Å²) in [5.41, 5.74) is 1.06. The largest absolute Gasteiger partial charge is 0.287 e. The molecular weight excluding hydrogens is 393 g/mol. The number of aromatic nitrogens is 3. The van der Waals surface area contributed by atoms with E-state index in [1.54, 1.807) is 22.5 Å². The van der Waals surface area contributed by atoms with Gasteiger partial charge in [-0.05, 0) is 28.2 Å². The topological polar surface area (TPSA) is 47.3 Å². The van der Waals surface area contributed by atoms with E-state index in [1.165, 1.54) is 16.9 Å². The molecule has 4 nitrogen and oxygen atoms in total. The minimum absolute atomic E-state index is 0.191. The Balaban J connectivity index is 1.84. The highest BCUT2D eigenvalue weighted by atomic mass is 127. The minimum Gasteiger partial charge on any atom is -0.266 e. The monoisotopic (exact) mass is 401 g/mol. The summed E-state index contributed by atoms with van der Waals surface area (Å²) in [5, 5.41) is 4.42. The molecule has 0 N–H and O–H groups in total. The maximum absolute atomic E-state index is 11.5. The summed E-state index contributed by atoms with van der Waals surface area (Å²) < 4.78 is 3.17. The molecule has 3 rings (SSSR count). The zero-order chi connectivity index (χ0) is 13.2. The second-order valence-corrected chi connectivity index (χ2v) is 7.10. The van der Waals surface area contributed by atoms with Gasteiger partial charge >= 0.3 is 0 Å². The third kappa shape index (κ3) is 2.98. The van der Waals surface area contributed by atoms with E-state index in [2.05, 4.69) is 22.2 Å². The van der Waals surface area contributed by atoms with Crippen LogP contribution in [-0.2, 0) is 5.75 Å². The lowest BCUT2D eigenvalue weighted by Gasteiger charge is -1.96. The van der Waals surface area contributed by atoms with Crippen LogP contribution >= 0.6 is 45.7 Å². The first-order chi connectivity index (χ1) is 9.22. The van der Waals surface area contributed by atoms with Crippen LogP contribution in [0.5, 0.6) is 0 Å². The van der Waals surface area contributed by atoms with Gasteiger partial charge in [0.05, 0.1) is 9.77 Å². The molecule has 2 heterocycles. The highest BCUT2D eigenvalue weighted by Gasteiger charge is 2.07. The Labute approximate surface area is 131 Å². The molecule has 0 saturated heterocycles. The van der Waals surface area contributed by atoms with Crippen LogP contribution in [0.4, 0.5) is 0 Å². The third-order valence-electron chi connectivity index (χ3n) is 2.41. The van der Waals surface area contributed by atoms with Gasteiger partial charge in [0.25, 0.3) is 5.56 Å². The lowest BCUT2D eigenvalue weighted by molar-refractivity contribution is 0.878. The number of fused-ring (bicyclic) bond motifs is 1. The quantitative estimate of drug-likeness (QED) is 0.500. The molecule has 0 atom stereocenters. The minimum atomic E-state index is -0.191. The predicted molar refractivity (Wildman–Crippen MR) is 85.9 cm³/mol. The molecule has 2 aromatic heterocycles. The van der Waals surface area contributed by atoms with Crippen molar-refractivity contribution in [3.8, 4) is 0 Å². The highest BCUT2D eigenvalue weighted by molar-refractivity contribution is 14.1. The van der Waals surface area contributed by atoms with E-state index in [1.807, 2.05) is 40.8 Å². The number of nitrogens with zero attached hydrogens (tertiary/aromatic N) is 3. The Morgan fingerprint density at radius 2 is 2.11 bits per heavy atom. The number of thioether (sulfide) groups is 1. The average molecular weight is 401 g/mol. The molecule has 1 aromatic carbocycles. The van der Waals surface area contributed by atoms with Crippen molar-refractivity contribution in [3.05, 3.63) is 56.0 Å². The molecule has 0 spiro atoms. The molecule has 0 bridgehead atoms. The van der Waals surface area contributed by atoms with Crippen LogP contribution in [-0.4, -0.2) is 14.6 Å². The van der Waals surface area contributed by atoms with E-state index in [9.17, 15) is 4.79 Å². The van der Waals surface area contributed by atoms with E-state index in [0.717, 1.165) is 10.1 Å². The van der Waals surface area contributed by atoms with E-state index >= 15 is 0 Å². The lowest BCUT2D eigenvalue weighted by atomic mass is 10.2. The summed E-state index contributed by atoms with van der Waals surface area (Å²) in [6.45, 7) is 0. The fourth-order valence-electron chi connectivity index (χ4n) is 1.51. The molecular formula is C12H8IN3OS2. The van der Waals surface area contributed by atoms with Gasteiger partial charge in [-0.2, -0.15) is 4.98 Å². The Morgan fingerprint density at radius 3 is 2.89 bits per heavy atom. The molecule has 96 valence electrons. The van der Waals surface area contributed by atoms with Crippen molar-refractivity contribution in [2.75, 3.05) is 0 Å². The van der Waals surface area contributed by atoms with E-state index < -0.39 is 0 Å². The van der Waals surface area contributed by atoms with Crippen LogP contribution in [0, 0.1) is 3.57 Å². The Kier molecular flexibility index (Phi) is 3.85. The molecule has 7 heteroatoms. The van der Waals surface area contributed by atoms with E-state index in [-0.39, 0.29) is 5.56 Å². The summed E-state index contributed by atoms with van der Waals surface area (Å²) in [6, 6.07) is 10.2. The van der Waals surface area contributed by atoms with Gasteiger partial charge < -0.3 is 0 Å². The molecule has 0 amide bonds. The van der Waals surface area contributed by atoms with Crippen molar-refractivity contribution in [1.82, 2.24) is 14.6 Å². The van der Waals surface area contributed by atoms with Crippen LogP contribution in [0.3, 0.4) is 0 Å². The van der Waals surface area contributed by atoms with Gasteiger partial charge in [0.15, 0.2) is 4.34 Å². The van der Waals surface area contributed by atoms with Gasteiger partial charge in [0.2, 0.25) is 4.96 Å². The maximum Gasteiger partial charge on any atom is 0.287 e. The summed E-state index contributed by atoms with van der Waals surface area (Å²) in [7, 11) is 0. The van der Waals surface area contributed by atoms with Crippen LogP contribution in [0.25, 0.3) is 4.96 Å². The van der Waals surface area contributed by atoms with E-state index in [0.29, 0.717) is 8.53 Å². The average Bonchev–Trinajstić information content (AvgIpc) is 2.80. The molecule has 19 heavy (non-hydrogen) atoms. The SMILES string of the molecule is O=c1nc2sc(SCc3ccccc3)nn2cc1I. The number of hydrogen-bond acceptors (Lipinski definition) is 5. The van der Waals surface area contributed by atoms with Crippen molar-refractivity contribution < 1.29 is 0 Å². The van der Waals surface area contributed by atoms with Gasteiger partial charge in [-0.1, -0.05) is 53.4 Å². The fourth-order valence-corrected chi connectivity index (χ4v) is 3.76. The number of rotatable bonds is 3. The summed E-state index contributed by atoms with van der Waals surface area (Å²) in [4.78, 5) is 16.1. The van der Waals surface area contributed by atoms with Crippen molar-refractivity contribution >= 4 is 50.7 Å². The molecule has 0 aliphatic heterocycles. The lowest BCUT2D eigenvalue weighted by Crippen LogP contribution is -2.11. The van der Waals surface area contributed by atoms with Gasteiger partial charge in [-0.15, -0.1) is 5.10 Å². The van der Waals surface area contributed by atoms with Gasteiger partial charge in [0.1, 0.15) is 0 Å². The zero-order valence-electron chi connectivity index (χ0n) is 9.62. The van der Waals surface area contributed by atoms with Gasteiger partial charge in [0, 0.05) is 5.75 Å². The van der Waals surface area contributed by atoms with Crippen LogP contribution in [0.1, 0.15) is 5.56 Å². The van der Waals surface area contributed by atoms with Crippen molar-refractivity contribution in [2.24, 2.45) is 0 Å². The highest BCUT2D eigenvalue weighted by Crippen LogP contribution is 2.26. The Morgan fingerprint density at radius 1 is 1.32 bits per heavy atom. The fraction of sp³-hybridized carbons (Fsp3) is 0.0833. The Bertz CT molecular complexity index is 769. The normalized spacial score (nSPS) is 11.0. The molecule has 0 saturated carbocycles. The molecule has 0 fully saturated rings. The number of benzene rings is 1. The van der Waals surface area contributed by atoms with E-state index in [4.69, 9.17) is 0 Å². The zero-order valence-corrected chi connectivity index (χ0v) is 13.4. The van der Waals surface area contributed by atoms with Crippen LogP contribution in [0.15, 0.2) is 45.7 Å². The summed E-state index contributed by atoms with van der Waals surface area (Å²) in [6.07, 6.45) is 1.72. The van der Waals surface area contributed by atoms with Crippen molar-refractivity contribution in [1.29, 1.82) is 0 Å². The molecule has 0 aliphatic carbocycles. The predicted octanol–water partition coefficient (Wildman–Crippen LogP) is 3.05. The molecule has 3 aromatic rings. The smallest absolute Gasteiger partial charge is 0.266 e. The first-order valence-electron chi connectivity index (χ1n) is 5.45. The molecule has 0 unspecified atom stereocenters. The van der Waals surface area contributed by atoms with Crippen LogP contribution < -0.4 is 5.56 Å². The van der Waals surface area contributed by atoms with Crippen LogP contribution in [0.2, 0.25) is 0 Å². The molecule has 0 radical (unpaired) electrons. The third-order valence-corrected chi connectivity index (χ3v) is 5.27. The number of halogens is 1. The first kappa shape index (κ1) is 13.1. The maximum atomic E-state index is 11.5. The Hall–Kier alpha value is -0.930.